The molecule has 5 nitrogen and oxygen atoms in total. The van der Waals surface area contributed by atoms with Crippen LogP contribution in [0.3, 0.4) is 0 Å². The maximum absolute atomic E-state index is 10.5. The van der Waals surface area contributed by atoms with Crippen molar-refractivity contribution in [1.29, 1.82) is 0 Å². The zero-order valence-corrected chi connectivity index (χ0v) is 10.4. The summed E-state index contributed by atoms with van der Waals surface area (Å²) < 4.78 is 5.60. The van der Waals surface area contributed by atoms with Crippen molar-refractivity contribution in [2.75, 3.05) is 32.6 Å². The Kier molecular flexibility index (Phi) is 4.78. The third kappa shape index (κ3) is 4.74. The molecule has 0 saturated carbocycles. The lowest BCUT2D eigenvalue weighted by Gasteiger charge is -2.13. The molecule has 0 aliphatic heterocycles. The van der Waals surface area contributed by atoms with Gasteiger partial charge in [-0.3, -0.25) is 5.32 Å². The second-order valence-electron chi connectivity index (χ2n) is 4.06. The van der Waals surface area contributed by atoms with Gasteiger partial charge in [0, 0.05) is 18.3 Å². The zero-order chi connectivity index (χ0) is 12.8. The molecule has 0 aliphatic rings. The molecule has 0 fully saturated rings. The number of nitrogens with zero attached hydrogens (tertiary/aromatic N) is 1. The van der Waals surface area contributed by atoms with Crippen molar-refractivity contribution in [1.82, 2.24) is 4.90 Å². The fourth-order valence-corrected chi connectivity index (χ4v) is 1.29. The predicted molar refractivity (Wildman–Crippen MR) is 66.9 cm³/mol. The van der Waals surface area contributed by atoms with Gasteiger partial charge in [0.05, 0.1) is 0 Å². The summed E-state index contributed by atoms with van der Waals surface area (Å²) in [7, 11) is 3.94. The average Bonchev–Trinajstić information content (AvgIpc) is 2.21. The van der Waals surface area contributed by atoms with E-state index in [4.69, 9.17) is 9.84 Å². The van der Waals surface area contributed by atoms with E-state index < -0.39 is 6.09 Å². The Bertz CT molecular complexity index is 391. The summed E-state index contributed by atoms with van der Waals surface area (Å²) in [6, 6.07) is 5.23. The molecule has 0 bridgehead atoms. The Morgan fingerprint density at radius 1 is 1.47 bits per heavy atom. The highest BCUT2D eigenvalue weighted by Gasteiger charge is 2.04. The minimum Gasteiger partial charge on any atom is -0.492 e. The Morgan fingerprint density at radius 2 is 2.18 bits per heavy atom. The van der Waals surface area contributed by atoms with Crippen LogP contribution in [0.25, 0.3) is 0 Å². The van der Waals surface area contributed by atoms with Crippen LogP contribution in [0.1, 0.15) is 5.56 Å². The molecule has 17 heavy (non-hydrogen) atoms. The molecule has 0 aliphatic carbocycles. The van der Waals surface area contributed by atoms with Gasteiger partial charge in [0.1, 0.15) is 12.4 Å². The Hall–Kier alpha value is -1.75. The molecule has 2 N–H and O–H groups in total. The van der Waals surface area contributed by atoms with Crippen molar-refractivity contribution in [3.8, 4) is 5.75 Å². The van der Waals surface area contributed by atoms with Crippen LogP contribution in [0.2, 0.25) is 0 Å². The second-order valence-corrected chi connectivity index (χ2v) is 4.06. The summed E-state index contributed by atoms with van der Waals surface area (Å²) in [4.78, 5) is 12.5. The van der Waals surface area contributed by atoms with E-state index in [0.717, 1.165) is 12.1 Å². The summed E-state index contributed by atoms with van der Waals surface area (Å²) in [6.07, 6.45) is -1.08. The van der Waals surface area contributed by atoms with Crippen LogP contribution >= 0.6 is 0 Å². The summed E-state index contributed by atoms with van der Waals surface area (Å²) in [5.41, 5.74) is 1.50. The van der Waals surface area contributed by atoms with Crippen molar-refractivity contribution < 1.29 is 14.6 Å². The Morgan fingerprint density at radius 3 is 2.76 bits per heavy atom. The van der Waals surface area contributed by atoms with Crippen molar-refractivity contribution >= 4 is 11.8 Å². The maximum Gasteiger partial charge on any atom is 0.409 e. The van der Waals surface area contributed by atoms with E-state index >= 15 is 0 Å². The first-order valence-corrected chi connectivity index (χ1v) is 5.37. The SMILES string of the molecule is Cc1ccc(NC(=O)O)cc1OCCN(C)C. The monoisotopic (exact) mass is 238 g/mol. The number of anilines is 1. The molecule has 1 amide bonds. The molecule has 5 heteroatoms. The number of carbonyl (C=O) groups is 1. The summed E-state index contributed by atoms with van der Waals surface area (Å²) in [5.74, 6) is 0.707. The maximum atomic E-state index is 10.5. The number of amides is 1. The van der Waals surface area contributed by atoms with E-state index in [-0.39, 0.29) is 0 Å². The summed E-state index contributed by atoms with van der Waals surface area (Å²) in [6.45, 7) is 3.32. The Balaban J connectivity index is 2.66. The summed E-state index contributed by atoms with van der Waals surface area (Å²) in [5, 5.41) is 10.9. The topological polar surface area (TPSA) is 61.8 Å². The van der Waals surface area contributed by atoms with Gasteiger partial charge >= 0.3 is 6.09 Å². The van der Waals surface area contributed by atoms with Gasteiger partial charge in [0.25, 0.3) is 0 Å². The number of benzene rings is 1. The number of rotatable bonds is 5. The standard InChI is InChI=1S/C12H18N2O3/c1-9-4-5-10(13-12(15)16)8-11(9)17-7-6-14(2)3/h4-5,8,13H,6-7H2,1-3H3,(H,15,16). The van der Waals surface area contributed by atoms with Crippen LogP contribution in [0.5, 0.6) is 5.75 Å². The number of nitrogens with one attached hydrogen (secondary N) is 1. The van der Waals surface area contributed by atoms with E-state index in [2.05, 4.69) is 5.32 Å². The van der Waals surface area contributed by atoms with E-state index in [1.165, 1.54) is 0 Å². The van der Waals surface area contributed by atoms with E-state index in [1.54, 1.807) is 12.1 Å². The largest absolute Gasteiger partial charge is 0.492 e. The van der Waals surface area contributed by atoms with Crippen molar-refractivity contribution in [3.63, 3.8) is 0 Å². The predicted octanol–water partition coefficient (Wildman–Crippen LogP) is 2.03. The van der Waals surface area contributed by atoms with Crippen LogP contribution in [0, 0.1) is 6.92 Å². The molecule has 0 radical (unpaired) electrons. The average molecular weight is 238 g/mol. The van der Waals surface area contributed by atoms with Gasteiger partial charge in [0.15, 0.2) is 0 Å². The van der Waals surface area contributed by atoms with Crippen LogP contribution in [0.4, 0.5) is 10.5 Å². The molecule has 1 rings (SSSR count). The smallest absolute Gasteiger partial charge is 0.409 e. The van der Waals surface area contributed by atoms with Crippen LogP contribution in [-0.2, 0) is 0 Å². The van der Waals surface area contributed by atoms with Gasteiger partial charge in [-0.15, -0.1) is 0 Å². The molecule has 0 aromatic heterocycles. The lowest BCUT2D eigenvalue weighted by molar-refractivity contribution is 0.209. The highest BCUT2D eigenvalue weighted by molar-refractivity contribution is 5.83. The summed E-state index contributed by atoms with van der Waals surface area (Å²) >= 11 is 0. The number of likely N-dealkylation sites (N-methyl/N-ethyl adjacent to an activating group) is 1. The minimum absolute atomic E-state index is 0.517. The van der Waals surface area contributed by atoms with Gasteiger partial charge in [0.2, 0.25) is 0 Å². The first-order chi connectivity index (χ1) is 7.99. The molecule has 1 aromatic carbocycles. The van der Waals surface area contributed by atoms with Crippen molar-refractivity contribution in [2.24, 2.45) is 0 Å². The number of hydrogen-bond donors (Lipinski definition) is 2. The molecular formula is C12H18N2O3. The molecule has 0 unspecified atom stereocenters. The number of ether oxygens (including phenoxy) is 1. The van der Waals surface area contributed by atoms with Gasteiger partial charge < -0.3 is 14.7 Å². The zero-order valence-electron chi connectivity index (χ0n) is 10.4. The minimum atomic E-state index is -1.08. The van der Waals surface area contributed by atoms with E-state index in [0.29, 0.717) is 18.0 Å². The third-order valence-electron chi connectivity index (χ3n) is 2.24. The molecule has 0 saturated heterocycles. The molecule has 1 aromatic rings. The normalized spacial score (nSPS) is 10.4. The lowest BCUT2D eigenvalue weighted by Crippen LogP contribution is -2.19. The first-order valence-electron chi connectivity index (χ1n) is 5.37. The third-order valence-corrected chi connectivity index (χ3v) is 2.24. The van der Waals surface area contributed by atoms with Crippen LogP contribution in [0.15, 0.2) is 18.2 Å². The molecule has 0 heterocycles. The second kappa shape index (κ2) is 6.10. The lowest BCUT2D eigenvalue weighted by atomic mass is 10.2. The molecular weight excluding hydrogens is 220 g/mol. The fourth-order valence-electron chi connectivity index (χ4n) is 1.29. The van der Waals surface area contributed by atoms with Crippen molar-refractivity contribution in [2.45, 2.75) is 6.92 Å². The van der Waals surface area contributed by atoms with Crippen LogP contribution in [-0.4, -0.2) is 43.3 Å². The van der Waals surface area contributed by atoms with Gasteiger partial charge in [-0.1, -0.05) is 6.07 Å². The first kappa shape index (κ1) is 13.3. The van der Waals surface area contributed by atoms with E-state index in [1.807, 2.05) is 32.0 Å². The molecule has 0 atom stereocenters. The highest BCUT2D eigenvalue weighted by Crippen LogP contribution is 2.22. The quantitative estimate of drug-likeness (QED) is 0.824. The van der Waals surface area contributed by atoms with Crippen LogP contribution < -0.4 is 10.1 Å². The number of carboxylic acid groups (broad SMARTS) is 1. The van der Waals surface area contributed by atoms with Gasteiger partial charge in [-0.2, -0.15) is 0 Å². The number of hydrogen-bond acceptors (Lipinski definition) is 3. The molecule has 0 spiro atoms. The highest BCUT2D eigenvalue weighted by atomic mass is 16.5. The fraction of sp³-hybridized carbons (Fsp3) is 0.417. The molecule has 94 valence electrons. The Labute approximate surface area is 101 Å². The number of aryl methyl sites for hydroxylation is 1. The van der Waals surface area contributed by atoms with E-state index in [9.17, 15) is 4.79 Å². The van der Waals surface area contributed by atoms with Gasteiger partial charge in [-0.25, -0.2) is 4.79 Å². The van der Waals surface area contributed by atoms with Crippen molar-refractivity contribution in [3.05, 3.63) is 23.8 Å². The van der Waals surface area contributed by atoms with Gasteiger partial charge in [-0.05, 0) is 32.6 Å².